The van der Waals surface area contributed by atoms with E-state index < -0.39 is 15.1 Å². The molecular formula is C17H20N2O3S2. The first kappa shape index (κ1) is 17.1. The first-order valence-electron chi connectivity index (χ1n) is 7.85. The van der Waals surface area contributed by atoms with Crippen molar-refractivity contribution in [2.45, 2.75) is 25.0 Å². The summed E-state index contributed by atoms with van der Waals surface area (Å²) in [6.07, 6.45) is 2.57. The molecule has 1 aliphatic rings. The minimum atomic E-state index is -3.13. The highest BCUT2D eigenvalue weighted by Gasteiger charge is 2.31. The molecule has 0 aliphatic carbocycles. The zero-order valence-corrected chi connectivity index (χ0v) is 15.4. The average molecular weight is 364 g/mol. The van der Waals surface area contributed by atoms with Gasteiger partial charge >= 0.3 is 0 Å². The highest BCUT2D eigenvalue weighted by molar-refractivity contribution is 7.91. The number of hydrogen-bond donors (Lipinski definition) is 0. The van der Waals surface area contributed by atoms with E-state index in [4.69, 9.17) is 0 Å². The van der Waals surface area contributed by atoms with Gasteiger partial charge in [0.05, 0.1) is 5.25 Å². The van der Waals surface area contributed by atoms with Crippen molar-refractivity contribution < 1.29 is 13.2 Å². The molecule has 0 radical (unpaired) electrons. The standard InChI is InChI=1S/C17H20N2O3S2/c1-12-5-7-13(8-6-12)16-18-15(11-23-16)17(20)19-9-3-4-14(10-19)24(2,21)22/h5-8,11,14H,3-4,9-10H2,1-2H3. The molecule has 128 valence electrons. The third-order valence-electron chi connectivity index (χ3n) is 4.29. The Bertz CT molecular complexity index is 841. The summed E-state index contributed by atoms with van der Waals surface area (Å²) >= 11 is 1.43. The molecule has 1 atom stereocenters. The molecule has 0 N–H and O–H groups in total. The van der Waals surface area contributed by atoms with Crippen LogP contribution in [0.5, 0.6) is 0 Å². The van der Waals surface area contributed by atoms with E-state index in [1.165, 1.54) is 23.2 Å². The maximum absolute atomic E-state index is 12.6. The smallest absolute Gasteiger partial charge is 0.273 e. The van der Waals surface area contributed by atoms with E-state index in [1.807, 2.05) is 31.2 Å². The van der Waals surface area contributed by atoms with Gasteiger partial charge in [-0.05, 0) is 19.8 Å². The summed E-state index contributed by atoms with van der Waals surface area (Å²) in [5.41, 5.74) is 2.55. The first-order valence-corrected chi connectivity index (χ1v) is 10.7. The number of aryl methyl sites for hydroxylation is 1. The topological polar surface area (TPSA) is 67.3 Å². The number of sulfone groups is 1. The molecule has 0 bridgehead atoms. The number of aromatic nitrogens is 1. The molecule has 24 heavy (non-hydrogen) atoms. The van der Waals surface area contributed by atoms with E-state index >= 15 is 0 Å². The van der Waals surface area contributed by atoms with Gasteiger partial charge in [0.2, 0.25) is 0 Å². The second-order valence-corrected chi connectivity index (χ2v) is 9.43. The maximum atomic E-state index is 12.6. The summed E-state index contributed by atoms with van der Waals surface area (Å²) < 4.78 is 23.5. The van der Waals surface area contributed by atoms with E-state index in [9.17, 15) is 13.2 Å². The Morgan fingerprint density at radius 2 is 2.00 bits per heavy atom. The van der Waals surface area contributed by atoms with Gasteiger partial charge in [0.1, 0.15) is 10.7 Å². The Balaban J connectivity index is 1.77. The van der Waals surface area contributed by atoms with E-state index in [2.05, 4.69) is 4.98 Å². The van der Waals surface area contributed by atoms with Crippen molar-refractivity contribution in [3.05, 3.63) is 40.9 Å². The van der Waals surface area contributed by atoms with Crippen molar-refractivity contribution >= 4 is 27.1 Å². The lowest BCUT2D eigenvalue weighted by Gasteiger charge is -2.31. The van der Waals surface area contributed by atoms with Crippen molar-refractivity contribution in [1.29, 1.82) is 0 Å². The van der Waals surface area contributed by atoms with Crippen LogP contribution in [0.4, 0.5) is 0 Å². The minimum Gasteiger partial charge on any atom is -0.336 e. The fourth-order valence-electron chi connectivity index (χ4n) is 2.83. The van der Waals surface area contributed by atoms with Crippen LogP contribution in [-0.2, 0) is 9.84 Å². The minimum absolute atomic E-state index is 0.182. The van der Waals surface area contributed by atoms with Gasteiger partial charge in [-0.1, -0.05) is 29.8 Å². The van der Waals surface area contributed by atoms with Crippen LogP contribution < -0.4 is 0 Å². The lowest BCUT2D eigenvalue weighted by Crippen LogP contribution is -2.45. The van der Waals surface area contributed by atoms with Crippen molar-refractivity contribution in [1.82, 2.24) is 9.88 Å². The highest BCUT2D eigenvalue weighted by Crippen LogP contribution is 2.25. The Hall–Kier alpha value is -1.73. The quantitative estimate of drug-likeness (QED) is 0.840. The van der Waals surface area contributed by atoms with Crippen LogP contribution >= 0.6 is 11.3 Å². The second-order valence-electron chi connectivity index (χ2n) is 6.25. The number of hydrogen-bond acceptors (Lipinski definition) is 5. The predicted octanol–water partition coefficient (Wildman–Crippen LogP) is 2.77. The van der Waals surface area contributed by atoms with E-state index in [0.717, 1.165) is 10.6 Å². The van der Waals surface area contributed by atoms with Crippen LogP contribution in [-0.4, -0.2) is 48.8 Å². The zero-order valence-electron chi connectivity index (χ0n) is 13.7. The number of amides is 1. The Kier molecular flexibility index (Phi) is 4.73. The lowest BCUT2D eigenvalue weighted by atomic mass is 10.1. The molecule has 1 saturated heterocycles. The number of nitrogens with zero attached hydrogens (tertiary/aromatic N) is 2. The summed E-state index contributed by atoms with van der Waals surface area (Å²) in [7, 11) is -3.13. The molecule has 5 nitrogen and oxygen atoms in total. The molecule has 1 unspecified atom stereocenters. The molecule has 2 aromatic rings. The molecule has 3 rings (SSSR count). The van der Waals surface area contributed by atoms with Crippen LogP contribution in [0.15, 0.2) is 29.6 Å². The van der Waals surface area contributed by atoms with Gasteiger partial charge in [-0.25, -0.2) is 13.4 Å². The third kappa shape index (κ3) is 3.67. The SMILES string of the molecule is Cc1ccc(-c2nc(C(=O)N3CCCC(S(C)(=O)=O)C3)cs2)cc1. The number of piperidine rings is 1. The largest absolute Gasteiger partial charge is 0.336 e. The average Bonchev–Trinajstić information content (AvgIpc) is 3.04. The van der Waals surface area contributed by atoms with Gasteiger partial charge in [0.25, 0.3) is 5.91 Å². The van der Waals surface area contributed by atoms with Crippen LogP contribution in [0, 0.1) is 6.92 Å². The van der Waals surface area contributed by atoms with Gasteiger partial charge in [0, 0.05) is 30.3 Å². The van der Waals surface area contributed by atoms with Gasteiger partial charge in [-0.15, -0.1) is 11.3 Å². The van der Waals surface area contributed by atoms with Crippen LogP contribution in [0.1, 0.15) is 28.9 Å². The lowest BCUT2D eigenvalue weighted by molar-refractivity contribution is 0.0722. The zero-order chi connectivity index (χ0) is 17.3. The fourth-order valence-corrected chi connectivity index (χ4v) is 4.68. The molecule has 0 spiro atoms. The number of carbonyl (C=O) groups is 1. The van der Waals surface area contributed by atoms with Gasteiger partial charge in [-0.2, -0.15) is 0 Å². The summed E-state index contributed by atoms with van der Waals surface area (Å²) in [6.45, 7) is 2.87. The molecular weight excluding hydrogens is 344 g/mol. The Morgan fingerprint density at radius 3 is 2.67 bits per heavy atom. The molecule has 1 aliphatic heterocycles. The first-order chi connectivity index (χ1) is 11.3. The van der Waals surface area contributed by atoms with E-state index in [1.54, 1.807) is 10.3 Å². The van der Waals surface area contributed by atoms with Crippen molar-refractivity contribution in [3.63, 3.8) is 0 Å². The van der Waals surface area contributed by atoms with E-state index in [0.29, 0.717) is 25.1 Å². The molecule has 1 fully saturated rings. The van der Waals surface area contributed by atoms with Crippen LogP contribution in [0.25, 0.3) is 10.6 Å². The van der Waals surface area contributed by atoms with Gasteiger partial charge < -0.3 is 4.90 Å². The molecule has 1 amide bonds. The predicted molar refractivity (Wildman–Crippen MR) is 96.1 cm³/mol. The Labute approximate surface area is 146 Å². The number of benzene rings is 1. The van der Waals surface area contributed by atoms with Gasteiger partial charge in [0.15, 0.2) is 9.84 Å². The fraction of sp³-hybridized carbons (Fsp3) is 0.412. The summed E-state index contributed by atoms with van der Waals surface area (Å²) in [5.74, 6) is -0.182. The highest BCUT2D eigenvalue weighted by atomic mass is 32.2. The number of carbonyl (C=O) groups excluding carboxylic acids is 1. The summed E-state index contributed by atoms with van der Waals surface area (Å²) in [6, 6.07) is 8.01. The van der Waals surface area contributed by atoms with E-state index in [-0.39, 0.29) is 12.5 Å². The molecule has 1 aromatic heterocycles. The third-order valence-corrected chi connectivity index (χ3v) is 6.78. The van der Waals surface area contributed by atoms with Crippen molar-refractivity contribution in [2.24, 2.45) is 0 Å². The maximum Gasteiger partial charge on any atom is 0.273 e. The van der Waals surface area contributed by atoms with Crippen LogP contribution in [0.3, 0.4) is 0 Å². The summed E-state index contributed by atoms with van der Waals surface area (Å²) in [5, 5.41) is 2.09. The summed E-state index contributed by atoms with van der Waals surface area (Å²) in [4.78, 5) is 18.7. The molecule has 0 saturated carbocycles. The normalized spacial score (nSPS) is 18.6. The Morgan fingerprint density at radius 1 is 1.29 bits per heavy atom. The number of thiazole rings is 1. The monoisotopic (exact) mass is 364 g/mol. The molecule has 1 aromatic carbocycles. The molecule has 7 heteroatoms. The number of likely N-dealkylation sites (tertiary alicyclic amines) is 1. The van der Waals surface area contributed by atoms with Gasteiger partial charge in [-0.3, -0.25) is 4.79 Å². The molecule has 2 heterocycles. The second kappa shape index (κ2) is 6.64. The van der Waals surface area contributed by atoms with Crippen molar-refractivity contribution in [3.8, 4) is 10.6 Å². The van der Waals surface area contributed by atoms with Crippen molar-refractivity contribution in [2.75, 3.05) is 19.3 Å². The number of rotatable bonds is 3. The van der Waals surface area contributed by atoms with Crippen LogP contribution in [0.2, 0.25) is 0 Å².